The van der Waals surface area contributed by atoms with Gasteiger partial charge in [0.25, 0.3) is 17.5 Å². The molecular weight excluding hydrogens is 378 g/mol. The average molecular weight is 392 g/mol. The lowest BCUT2D eigenvalue weighted by Gasteiger charge is -2.09. The highest BCUT2D eigenvalue weighted by Gasteiger charge is 2.19. The van der Waals surface area contributed by atoms with Crippen LogP contribution in [-0.2, 0) is 9.53 Å². The zero-order valence-electron chi connectivity index (χ0n) is 14.0. The monoisotopic (exact) mass is 391 g/mol. The molecule has 0 unspecified atom stereocenters. The van der Waals surface area contributed by atoms with Crippen LogP contribution >= 0.6 is 11.6 Å². The summed E-state index contributed by atoms with van der Waals surface area (Å²) in [4.78, 5) is 45.8. The minimum atomic E-state index is -0.893. The van der Waals surface area contributed by atoms with Crippen LogP contribution < -0.4 is 10.9 Å². The number of hydrogen-bond acceptors (Lipinski definition) is 6. The number of nitro benzene ring substituents is 1. The van der Waals surface area contributed by atoms with Gasteiger partial charge >= 0.3 is 5.97 Å². The fourth-order valence-electron chi connectivity index (χ4n) is 2.09. The van der Waals surface area contributed by atoms with E-state index in [1.807, 2.05) is 0 Å². The van der Waals surface area contributed by atoms with E-state index in [2.05, 4.69) is 10.9 Å². The number of ether oxygens (including phenoxy) is 1. The third kappa shape index (κ3) is 5.25. The minimum Gasteiger partial charge on any atom is -0.452 e. The summed E-state index contributed by atoms with van der Waals surface area (Å²) in [6.07, 6.45) is 0. The van der Waals surface area contributed by atoms with Crippen LogP contribution in [0.1, 0.15) is 26.3 Å². The van der Waals surface area contributed by atoms with Gasteiger partial charge in [-0.1, -0.05) is 17.7 Å². The van der Waals surface area contributed by atoms with Crippen molar-refractivity contribution >= 4 is 35.1 Å². The Bertz CT molecular complexity index is 898. The van der Waals surface area contributed by atoms with Crippen LogP contribution in [0.2, 0.25) is 5.02 Å². The number of halogens is 1. The van der Waals surface area contributed by atoms with Crippen molar-refractivity contribution in [3.8, 4) is 0 Å². The first-order valence-corrected chi connectivity index (χ1v) is 7.93. The van der Waals surface area contributed by atoms with Gasteiger partial charge in [-0.15, -0.1) is 0 Å². The molecule has 2 rings (SSSR count). The molecule has 140 valence electrons. The van der Waals surface area contributed by atoms with Crippen molar-refractivity contribution in [1.29, 1.82) is 0 Å². The Hall–Kier alpha value is -3.46. The van der Waals surface area contributed by atoms with Gasteiger partial charge in [0.1, 0.15) is 0 Å². The van der Waals surface area contributed by atoms with Crippen LogP contribution in [0.15, 0.2) is 42.5 Å². The number of carbonyl (C=O) groups is 3. The van der Waals surface area contributed by atoms with Crippen molar-refractivity contribution in [2.24, 2.45) is 0 Å². The summed E-state index contributed by atoms with van der Waals surface area (Å²) in [5, 5.41) is 11.3. The van der Waals surface area contributed by atoms with Gasteiger partial charge in [-0.2, -0.15) is 0 Å². The molecule has 2 amide bonds. The largest absolute Gasteiger partial charge is 0.452 e. The highest BCUT2D eigenvalue weighted by molar-refractivity contribution is 6.30. The molecule has 0 saturated heterocycles. The summed E-state index contributed by atoms with van der Waals surface area (Å²) in [6.45, 7) is 0.725. The molecule has 2 aromatic carbocycles. The van der Waals surface area contributed by atoms with Crippen LogP contribution in [0.3, 0.4) is 0 Å². The lowest BCUT2D eigenvalue weighted by molar-refractivity contribution is -0.385. The number of hydrogen-bond donors (Lipinski definition) is 2. The molecule has 0 spiro atoms. The molecule has 2 N–H and O–H groups in total. The summed E-state index contributed by atoms with van der Waals surface area (Å²) in [5.41, 5.74) is 4.38. The van der Waals surface area contributed by atoms with E-state index in [0.717, 1.165) is 0 Å². The van der Waals surface area contributed by atoms with Crippen molar-refractivity contribution < 1.29 is 24.0 Å². The highest BCUT2D eigenvalue weighted by atomic mass is 35.5. The first-order chi connectivity index (χ1) is 12.8. The summed E-state index contributed by atoms with van der Waals surface area (Å²) >= 11 is 5.72. The fraction of sp³-hybridized carbons (Fsp3) is 0.118. The molecular formula is C17H14ClN3O6. The van der Waals surface area contributed by atoms with Crippen LogP contribution in [0.5, 0.6) is 0 Å². The van der Waals surface area contributed by atoms with E-state index in [1.165, 1.54) is 49.4 Å². The van der Waals surface area contributed by atoms with Gasteiger partial charge < -0.3 is 4.74 Å². The smallest absolute Gasteiger partial charge is 0.339 e. The predicted molar refractivity (Wildman–Crippen MR) is 95.2 cm³/mol. The molecule has 0 aliphatic carbocycles. The third-order valence-corrected chi connectivity index (χ3v) is 3.73. The van der Waals surface area contributed by atoms with E-state index in [0.29, 0.717) is 5.02 Å². The molecule has 27 heavy (non-hydrogen) atoms. The minimum absolute atomic E-state index is 0.0257. The Morgan fingerprint density at radius 2 is 1.78 bits per heavy atom. The summed E-state index contributed by atoms with van der Waals surface area (Å²) in [6, 6.07) is 9.91. The molecule has 0 bridgehead atoms. The lowest BCUT2D eigenvalue weighted by Crippen LogP contribution is -2.43. The van der Waals surface area contributed by atoms with Crippen molar-refractivity contribution in [3.05, 3.63) is 74.3 Å². The standard InChI is InChI=1S/C17H14ClN3O6/c1-10-13(3-2-4-14(10)21(25)26)17(24)27-9-15(22)19-20-16(23)11-5-7-12(18)8-6-11/h2-8H,9H2,1H3,(H,19,22)(H,20,23). The van der Waals surface area contributed by atoms with E-state index in [1.54, 1.807) is 0 Å². The summed E-state index contributed by atoms with van der Waals surface area (Å²) in [5.74, 6) is -2.26. The van der Waals surface area contributed by atoms with Crippen LogP contribution in [0.25, 0.3) is 0 Å². The molecule has 9 nitrogen and oxygen atoms in total. The number of esters is 1. The second-order valence-corrected chi connectivity index (χ2v) is 5.73. The summed E-state index contributed by atoms with van der Waals surface area (Å²) < 4.78 is 4.82. The summed E-state index contributed by atoms with van der Waals surface area (Å²) in [7, 11) is 0. The Kier molecular flexibility index (Phi) is 6.45. The molecule has 0 fully saturated rings. The molecule has 0 heterocycles. The SMILES string of the molecule is Cc1c(C(=O)OCC(=O)NNC(=O)c2ccc(Cl)cc2)cccc1[N+](=O)[O-]. The molecule has 0 aromatic heterocycles. The first kappa shape index (κ1) is 19.9. The van der Waals surface area contributed by atoms with Gasteiger partial charge in [0, 0.05) is 22.2 Å². The Labute approximate surface area is 158 Å². The molecule has 10 heteroatoms. The second-order valence-electron chi connectivity index (χ2n) is 5.29. The number of benzene rings is 2. The maximum absolute atomic E-state index is 12.0. The molecule has 0 radical (unpaired) electrons. The van der Waals surface area contributed by atoms with E-state index in [-0.39, 0.29) is 22.4 Å². The van der Waals surface area contributed by atoms with E-state index < -0.39 is 29.3 Å². The lowest BCUT2D eigenvalue weighted by atomic mass is 10.1. The van der Waals surface area contributed by atoms with Gasteiger partial charge in [0.05, 0.1) is 10.5 Å². The molecule has 0 saturated carbocycles. The van der Waals surface area contributed by atoms with Gasteiger partial charge in [0.2, 0.25) is 0 Å². The van der Waals surface area contributed by atoms with Gasteiger partial charge in [0.15, 0.2) is 6.61 Å². The zero-order valence-corrected chi connectivity index (χ0v) is 14.8. The number of amides is 2. The second kappa shape index (κ2) is 8.77. The Morgan fingerprint density at radius 1 is 1.11 bits per heavy atom. The van der Waals surface area contributed by atoms with Gasteiger partial charge in [-0.05, 0) is 37.3 Å². The first-order valence-electron chi connectivity index (χ1n) is 7.55. The van der Waals surface area contributed by atoms with E-state index in [9.17, 15) is 24.5 Å². The maximum atomic E-state index is 12.0. The third-order valence-electron chi connectivity index (χ3n) is 3.48. The highest BCUT2D eigenvalue weighted by Crippen LogP contribution is 2.21. The normalized spacial score (nSPS) is 10.0. The van der Waals surface area contributed by atoms with Gasteiger partial charge in [-0.3, -0.25) is 30.6 Å². The molecule has 2 aromatic rings. The Morgan fingerprint density at radius 3 is 2.41 bits per heavy atom. The average Bonchev–Trinajstić information content (AvgIpc) is 2.64. The zero-order chi connectivity index (χ0) is 20.0. The molecule has 0 aliphatic heterocycles. The van der Waals surface area contributed by atoms with Crippen molar-refractivity contribution in [2.75, 3.05) is 6.61 Å². The number of nitrogens with zero attached hydrogens (tertiary/aromatic N) is 1. The van der Waals surface area contributed by atoms with Crippen molar-refractivity contribution in [1.82, 2.24) is 10.9 Å². The molecule has 0 aliphatic rings. The fourth-order valence-corrected chi connectivity index (χ4v) is 2.21. The number of rotatable bonds is 5. The van der Waals surface area contributed by atoms with Crippen LogP contribution in [0.4, 0.5) is 5.69 Å². The Balaban J connectivity index is 1.87. The maximum Gasteiger partial charge on any atom is 0.339 e. The van der Waals surface area contributed by atoms with Crippen LogP contribution in [0, 0.1) is 17.0 Å². The van der Waals surface area contributed by atoms with Crippen LogP contribution in [-0.4, -0.2) is 29.3 Å². The predicted octanol–water partition coefficient (Wildman–Crippen LogP) is 2.17. The van der Waals surface area contributed by atoms with Gasteiger partial charge in [-0.25, -0.2) is 4.79 Å². The molecule has 0 atom stereocenters. The topological polar surface area (TPSA) is 128 Å². The van der Waals surface area contributed by atoms with Crippen molar-refractivity contribution in [2.45, 2.75) is 6.92 Å². The number of nitro groups is 1. The quantitative estimate of drug-likeness (QED) is 0.456. The number of nitrogens with one attached hydrogen (secondary N) is 2. The van der Waals surface area contributed by atoms with E-state index in [4.69, 9.17) is 16.3 Å². The number of hydrazine groups is 1. The van der Waals surface area contributed by atoms with E-state index >= 15 is 0 Å². The number of carbonyl (C=O) groups excluding carboxylic acids is 3. The van der Waals surface area contributed by atoms with Crippen molar-refractivity contribution in [3.63, 3.8) is 0 Å².